The SMILES string of the molecule is COc1ccccc1N1CCN(CCCCN2Cc3ccccc3N2c2ccccc2)CC1. The maximum Gasteiger partial charge on any atom is 0.142 e. The van der Waals surface area contributed by atoms with Gasteiger partial charge in [-0.1, -0.05) is 48.5 Å². The van der Waals surface area contributed by atoms with E-state index in [4.69, 9.17) is 4.74 Å². The van der Waals surface area contributed by atoms with E-state index in [9.17, 15) is 0 Å². The molecule has 172 valence electrons. The van der Waals surface area contributed by atoms with Gasteiger partial charge in [-0.3, -0.25) is 9.91 Å². The summed E-state index contributed by atoms with van der Waals surface area (Å²) in [6.45, 7) is 7.58. The zero-order chi connectivity index (χ0) is 22.5. The van der Waals surface area contributed by atoms with Gasteiger partial charge in [0, 0.05) is 39.3 Å². The highest BCUT2D eigenvalue weighted by Gasteiger charge is 2.27. The summed E-state index contributed by atoms with van der Waals surface area (Å²) in [6, 6.07) is 27.9. The average Bonchev–Trinajstić information content (AvgIpc) is 3.26. The smallest absolute Gasteiger partial charge is 0.142 e. The fourth-order valence-corrected chi connectivity index (χ4v) is 5.05. The Bertz CT molecular complexity index is 1030. The van der Waals surface area contributed by atoms with Crippen LogP contribution in [-0.2, 0) is 6.54 Å². The fourth-order valence-electron chi connectivity index (χ4n) is 5.05. The lowest BCUT2D eigenvalue weighted by Crippen LogP contribution is -2.46. The summed E-state index contributed by atoms with van der Waals surface area (Å²) in [5.74, 6) is 0.973. The molecule has 3 aromatic rings. The van der Waals surface area contributed by atoms with Crippen molar-refractivity contribution < 1.29 is 4.74 Å². The number of ether oxygens (including phenoxy) is 1. The molecule has 0 saturated carbocycles. The Morgan fingerprint density at radius 1 is 0.697 bits per heavy atom. The topological polar surface area (TPSA) is 22.2 Å². The zero-order valence-electron chi connectivity index (χ0n) is 19.6. The van der Waals surface area contributed by atoms with Crippen molar-refractivity contribution >= 4 is 17.1 Å². The number of anilines is 3. The van der Waals surface area contributed by atoms with Crippen LogP contribution in [0.3, 0.4) is 0 Å². The Morgan fingerprint density at radius 3 is 2.15 bits per heavy atom. The van der Waals surface area contributed by atoms with Gasteiger partial charge in [-0.15, -0.1) is 0 Å². The van der Waals surface area contributed by atoms with Crippen molar-refractivity contribution in [2.45, 2.75) is 19.4 Å². The molecule has 0 amide bonds. The van der Waals surface area contributed by atoms with Gasteiger partial charge in [0.05, 0.1) is 24.2 Å². The minimum absolute atomic E-state index is 0.973. The largest absolute Gasteiger partial charge is 0.495 e. The van der Waals surface area contributed by atoms with E-state index >= 15 is 0 Å². The number of hydrogen-bond donors (Lipinski definition) is 0. The molecule has 2 heterocycles. The molecule has 1 saturated heterocycles. The molecular formula is C28H34N4O. The lowest BCUT2D eigenvalue weighted by molar-refractivity contribution is 0.236. The van der Waals surface area contributed by atoms with Crippen LogP contribution in [0, 0.1) is 0 Å². The van der Waals surface area contributed by atoms with Crippen molar-refractivity contribution in [3.63, 3.8) is 0 Å². The van der Waals surface area contributed by atoms with E-state index in [1.54, 1.807) is 7.11 Å². The van der Waals surface area contributed by atoms with Gasteiger partial charge in [0.2, 0.25) is 0 Å². The van der Waals surface area contributed by atoms with Gasteiger partial charge in [0.15, 0.2) is 0 Å². The van der Waals surface area contributed by atoms with Crippen LogP contribution < -0.4 is 14.6 Å². The van der Waals surface area contributed by atoms with E-state index in [1.807, 2.05) is 6.07 Å². The molecule has 2 aliphatic rings. The summed E-state index contributed by atoms with van der Waals surface area (Å²) in [5, 5.41) is 4.90. The van der Waals surface area contributed by atoms with Crippen molar-refractivity contribution in [3.05, 3.63) is 84.4 Å². The number of rotatable bonds is 8. The van der Waals surface area contributed by atoms with Gasteiger partial charge in [-0.2, -0.15) is 0 Å². The van der Waals surface area contributed by atoms with Crippen molar-refractivity contribution in [2.75, 3.05) is 56.3 Å². The first kappa shape index (κ1) is 21.8. The third kappa shape index (κ3) is 4.85. The number of benzene rings is 3. The molecule has 0 aliphatic carbocycles. The Labute approximate surface area is 197 Å². The Kier molecular flexibility index (Phi) is 6.79. The van der Waals surface area contributed by atoms with E-state index < -0.39 is 0 Å². The molecule has 0 spiro atoms. The number of unbranched alkanes of at least 4 members (excludes halogenated alkanes) is 1. The molecule has 0 N–H and O–H groups in total. The molecule has 0 bridgehead atoms. The third-order valence-corrected chi connectivity index (χ3v) is 6.79. The molecule has 3 aromatic carbocycles. The second-order valence-electron chi connectivity index (χ2n) is 8.87. The number of hydrazine groups is 1. The normalized spacial score (nSPS) is 16.8. The second kappa shape index (κ2) is 10.3. The highest BCUT2D eigenvalue weighted by atomic mass is 16.5. The summed E-state index contributed by atoms with van der Waals surface area (Å²) < 4.78 is 5.55. The van der Waals surface area contributed by atoms with Crippen molar-refractivity contribution in [1.82, 2.24) is 9.91 Å². The quantitative estimate of drug-likeness (QED) is 0.448. The number of fused-ring (bicyclic) bond motifs is 1. The van der Waals surface area contributed by atoms with Gasteiger partial charge in [-0.25, -0.2) is 5.01 Å². The van der Waals surface area contributed by atoms with Crippen LogP contribution in [0.25, 0.3) is 0 Å². The zero-order valence-corrected chi connectivity index (χ0v) is 19.6. The first-order chi connectivity index (χ1) is 16.3. The van der Waals surface area contributed by atoms with Gasteiger partial charge < -0.3 is 9.64 Å². The molecule has 1 fully saturated rings. The number of piperazine rings is 1. The van der Waals surface area contributed by atoms with Crippen LogP contribution in [0.1, 0.15) is 18.4 Å². The van der Waals surface area contributed by atoms with E-state index in [-0.39, 0.29) is 0 Å². The van der Waals surface area contributed by atoms with Gasteiger partial charge in [-0.05, 0) is 55.3 Å². The van der Waals surface area contributed by atoms with Crippen LogP contribution in [0.5, 0.6) is 5.75 Å². The molecular weight excluding hydrogens is 408 g/mol. The molecule has 2 aliphatic heterocycles. The van der Waals surface area contributed by atoms with Crippen LogP contribution in [0.4, 0.5) is 17.1 Å². The monoisotopic (exact) mass is 442 g/mol. The first-order valence-corrected chi connectivity index (χ1v) is 12.1. The van der Waals surface area contributed by atoms with Crippen molar-refractivity contribution in [1.29, 1.82) is 0 Å². The second-order valence-corrected chi connectivity index (χ2v) is 8.87. The van der Waals surface area contributed by atoms with Gasteiger partial charge in [0.1, 0.15) is 5.75 Å². The number of hydrogen-bond acceptors (Lipinski definition) is 5. The average molecular weight is 443 g/mol. The Balaban J connectivity index is 1.11. The number of nitrogens with zero attached hydrogens (tertiary/aromatic N) is 4. The summed E-state index contributed by atoms with van der Waals surface area (Å²) in [6.07, 6.45) is 2.42. The van der Waals surface area contributed by atoms with Gasteiger partial charge >= 0.3 is 0 Å². The lowest BCUT2D eigenvalue weighted by Gasteiger charge is -2.36. The standard InChI is InChI=1S/C28H34N4O/c1-33-28-16-8-7-15-27(28)30-21-19-29(20-22-30)17-9-10-18-31-23-24-11-5-6-14-26(24)32(31)25-12-3-2-4-13-25/h2-8,11-16H,9-10,17-23H2,1H3. The summed E-state index contributed by atoms with van der Waals surface area (Å²) in [5.41, 5.74) is 5.19. The minimum atomic E-state index is 0.973. The summed E-state index contributed by atoms with van der Waals surface area (Å²) >= 11 is 0. The molecule has 33 heavy (non-hydrogen) atoms. The molecule has 5 rings (SSSR count). The Morgan fingerprint density at radius 2 is 1.36 bits per heavy atom. The number of para-hydroxylation sites is 4. The van der Waals surface area contributed by atoms with E-state index in [2.05, 4.69) is 92.6 Å². The van der Waals surface area contributed by atoms with Crippen LogP contribution >= 0.6 is 0 Å². The van der Waals surface area contributed by atoms with E-state index in [1.165, 1.54) is 42.0 Å². The fraction of sp³-hybridized carbons (Fsp3) is 0.357. The molecule has 5 nitrogen and oxygen atoms in total. The minimum Gasteiger partial charge on any atom is -0.495 e. The predicted octanol–water partition coefficient (Wildman–Crippen LogP) is 5.17. The molecule has 5 heteroatoms. The highest BCUT2D eigenvalue weighted by Crippen LogP contribution is 2.37. The molecule has 0 atom stereocenters. The summed E-state index contributed by atoms with van der Waals surface area (Å²) in [7, 11) is 1.76. The maximum absolute atomic E-state index is 5.55. The van der Waals surface area contributed by atoms with E-state index in [0.29, 0.717) is 0 Å². The van der Waals surface area contributed by atoms with Crippen LogP contribution in [0.15, 0.2) is 78.9 Å². The first-order valence-electron chi connectivity index (χ1n) is 12.1. The van der Waals surface area contributed by atoms with Gasteiger partial charge in [0.25, 0.3) is 0 Å². The molecule has 0 radical (unpaired) electrons. The summed E-state index contributed by atoms with van der Waals surface area (Å²) in [4.78, 5) is 5.06. The maximum atomic E-state index is 5.55. The number of methoxy groups -OCH3 is 1. The Hall–Kier alpha value is -3.02. The molecule has 0 aromatic heterocycles. The van der Waals surface area contributed by atoms with Crippen LogP contribution in [0.2, 0.25) is 0 Å². The third-order valence-electron chi connectivity index (χ3n) is 6.79. The van der Waals surface area contributed by atoms with Crippen LogP contribution in [-0.4, -0.2) is 56.3 Å². The highest BCUT2D eigenvalue weighted by molar-refractivity contribution is 5.67. The molecule has 0 unspecified atom stereocenters. The van der Waals surface area contributed by atoms with Crippen molar-refractivity contribution in [2.24, 2.45) is 0 Å². The van der Waals surface area contributed by atoms with E-state index in [0.717, 1.165) is 45.0 Å². The lowest BCUT2D eigenvalue weighted by atomic mass is 10.2. The van der Waals surface area contributed by atoms with Crippen molar-refractivity contribution in [3.8, 4) is 5.75 Å². The predicted molar refractivity (Wildman–Crippen MR) is 136 cm³/mol.